The highest BCUT2D eigenvalue weighted by Gasteiger charge is 2.38. The highest BCUT2D eigenvalue weighted by molar-refractivity contribution is 5.99. The molecule has 0 saturated carbocycles. The summed E-state index contributed by atoms with van der Waals surface area (Å²) in [6.07, 6.45) is -3.95. The van der Waals surface area contributed by atoms with Crippen molar-refractivity contribution in [1.29, 1.82) is 0 Å². The Kier molecular flexibility index (Phi) is 7.59. The number of hydrogen-bond donors (Lipinski definition) is 1. The van der Waals surface area contributed by atoms with Crippen LogP contribution in [0.4, 0.5) is 28.0 Å². The number of carbonyl (C=O) groups excluding carboxylic acids is 3. The van der Waals surface area contributed by atoms with Crippen molar-refractivity contribution >= 4 is 23.4 Å². The van der Waals surface area contributed by atoms with Crippen molar-refractivity contribution in [3.05, 3.63) is 59.7 Å². The van der Waals surface area contributed by atoms with E-state index in [4.69, 9.17) is 4.74 Å². The van der Waals surface area contributed by atoms with E-state index in [1.54, 1.807) is 11.0 Å². The van der Waals surface area contributed by atoms with E-state index in [9.17, 15) is 31.9 Å². The zero-order valence-electron chi connectivity index (χ0n) is 17.3. The molecule has 1 aromatic heterocycles. The van der Waals surface area contributed by atoms with Crippen LogP contribution in [-0.2, 0) is 16.1 Å². The second-order valence-corrected chi connectivity index (χ2v) is 7.09. The second kappa shape index (κ2) is 10.4. The lowest BCUT2D eigenvalue weighted by Gasteiger charge is -2.33. The van der Waals surface area contributed by atoms with Gasteiger partial charge in [-0.25, -0.2) is 9.18 Å². The molecule has 1 saturated heterocycles. The maximum Gasteiger partial charge on any atom is 0.471 e. The van der Waals surface area contributed by atoms with Gasteiger partial charge in [0.05, 0.1) is 32.0 Å². The average molecular weight is 468 g/mol. The largest absolute Gasteiger partial charge is 0.471 e. The predicted molar refractivity (Wildman–Crippen MR) is 108 cm³/mol. The fourth-order valence-corrected chi connectivity index (χ4v) is 3.05. The van der Waals surface area contributed by atoms with Crippen molar-refractivity contribution in [3.8, 4) is 0 Å². The number of pyridine rings is 1. The maximum atomic E-state index is 13.8. The molecule has 176 valence electrons. The van der Waals surface area contributed by atoms with Crippen LogP contribution in [0.2, 0.25) is 0 Å². The summed E-state index contributed by atoms with van der Waals surface area (Å²) in [5, 5.41) is 1.50. The molecular formula is C21H20F4N4O4. The summed E-state index contributed by atoms with van der Waals surface area (Å²) in [6.45, 7) is 0.610. The van der Waals surface area contributed by atoms with Crippen molar-refractivity contribution < 1.29 is 36.7 Å². The van der Waals surface area contributed by atoms with Gasteiger partial charge in [0.1, 0.15) is 5.82 Å². The van der Waals surface area contributed by atoms with Crippen LogP contribution in [0.25, 0.3) is 0 Å². The standard InChI is InChI=1S/C21H20F4N4O4/c22-15-2-1-3-17(10-15)29(20(32)28-6-8-33-9-7-28)13-16-5-4-14(11-26-16)18(30)12-27-19(31)21(23,24)25/h1-5,10-11H,6-9,12-13H2,(H,27,31). The van der Waals surface area contributed by atoms with Gasteiger partial charge >= 0.3 is 18.1 Å². The lowest BCUT2D eigenvalue weighted by atomic mass is 10.1. The Morgan fingerprint density at radius 3 is 2.45 bits per heavy atom. The van der Waals surface area contributed by atoms with E-state index in [2.05, 4.69) is 4.98 Å². The highest BCUT2D eigenvalue weighted by atomic mass is 19.4. The number of nitrogens with zero attached hydrogens (tertiary/aromatic N) is 3. The summed E-state index contributed by atoms with van der Waals surface area (Å²) in [5.74, 6) is -3.51. The molecule has 1 aliphatic rings. The van der Waals surface area contributed by atoms with Gasteiger partial charge in [-0.2, -0.15) is 13.2 Å². The fraction of sp³-hybridized carbons (Fsp3) is 0.333. The number of alkyl halides is 3. The van der Waals surface area contributed by atoms with E-state index < -0.39 is 30.2 Å². The molecule has 0 bridgehead atoms. The van der Waals surface area contributed by atoms with Crippen LogP contribution < -0.4 is 10.2 Å². The van der Waals surface area contributed by atoms with Crippen LogP contribution in [0.3, 0.4) is 0 Å². The first-order chi connectivity index (χ1) is 15.6. The third-order valence-electron chi connectivity index (χ3n) is 4.77. The molecule has 8 nitrogen and oxygen atoms in total. The third-order valence-corrected chi connectivity index (χ3v) is 4.77. The lowest BCUT2D eigenvalue weighted by molar-refractivity contribution is -0.173. The number of anilines is 1. The van der Waals surface area contributed by atoms with Gasteiger partial charge in [-0.3, -0.25) is 19.5 Å². The number of amides is 3. The number of benzene rings is 1. The first-order valence-electron chi connectivity index (χ1n) is 9.88. The SMILES string of the molecule is O=C(CNC(=O)C(F)(F)F)c1ccc(CN(C(=O)N2CCOCC2)c2cccc(F)c2)nc1. The third kappa shape index (κ3) is 6.48. The van der Waals surface area contributed by atoms with Crippen molar-refractivity contribution in [2.45, 2.75) is 12.7 Å². The zero-order chi connectivity index (χ0) is 24.0. The zero-order valence-corrected chi connectivity index (χ0v) is 17.3. The average Bonchev–Trinajstić information content (AvgIpc) is 2.80. The van der Waals surface area contributed by atoms with Gasteiger partial charge in [0.15, 0.2) is 5.78 Å². The summed E-state index contributed by atoms with van der Waals surface area (Å²) < 4.78 is 55.8. The van der Waals surface area contributed by atoms with Crippen LogP contribution in [0.5, 0.6) is 0 Å². The second-order valence-electron chi connectivity index (χ2n) is 7.09. The number of ether oxygens (including phenoxy) is 1. The Hall–Kier alpha value is -3.54. The molecular weight excluding hydrogens is 448 g/mol. The van der Waals surface area contributed by atoms with Crippen LogP contribution in [0.1, 0.15) is 16.1 Å². The number of carbonyl (C=O) groups is 3. The van der Waals surface area contributed by atoms with Gasteiger partial charge in [0.25, 0.3) is 0 Å². The van der Waals surface area contributed by atoms with Crippen molar-refractivity contribution in [3.63, 3.8) is 0 Å². The number of nitrogens with one attached hydrogen (secondary N) is 1. The van der Waals surface area contributed by atoms with Crippen molar-refractivity contribution in [2.24, 2.45) is 0 Å². The number of Topliss-reactive ketones (excluding diaryl/α,β-unsaturated/α-hetero) is 1. The number of rotatable bonds is 6. The number of aromatic nitrogens is 1. The molecule has 1 aliphatic heterocycles. The van der Waals surface area contributed by atoms with Gasteiger partial charge in [0.2, 0.25) is 0 Å². The molecule has 1 N–H and O–H groups in total. The topological polar surface area (TPSA) is 91.8 Å². The van der Waals surface area contributed by atoms with E-state index >= 15 is 0 Å². The summed E-state index contributed by atoms with van der Waals surface area (Å²) in [4.78, 5) is 43.0. The molecule has 12 heteroatoms. The van der Waals surface area contributed by atoms with Crippen molar-refractivity contribution in [1.82, 2.24) is 15.2 Å². The molecule has 3 amide bonds. The van der Waals surface area contributed by atoms with Gasteiger partial charge in [0, 0.05) is 30.5 Å². The van der Waals surface area contributed by atoms with Gasteiger partial charge in [-0.05, 0) is 30.3 Å². The smallest absolute Gasteiger partial charge is 0.378 e. The molecule has 0 radical (unpaired) electrons. The normalized spacial score (nSPS) is 14.0. The number of morpholine rings is 1. The van der Waals surface area contributed by atoms with Crippen LogP contribution in [0, 0.1) is 5.82 Å². The van der Waals surface area contributed by atoms with E-state index in [1.165, 1.54) is 40.5 Å². The van der Waals surface area contributed by atoms with E-state index in [-0.39, 0.29) is 18.1 Å². The molecule has 2 heterocycles. The number of halogens is 4. The number of ketones is 1. The summed E-state index contributed by atoms with van der Waals surface area (Å²) >= 11 is 0. The molecule has 33 heavy (non-hydrogen) atoms. The molecule has 0 atom stereocenters. The Bertz CT molecular complexity index is 1010. The molecule has 1 aromatic carbocycles. The minimum absolute atomic E-state index is 0.0157. The highest BCUT2D eigenvalue weighted by Crippen LogP contribution is 2.21. The number of urea groups is 1. The minimum Gasteiger partial charge on any atom is -0.378 e. The first kappa shape index (κ1) is 24.1. The van der Waals surface area contributed by atoms with Crippen molar-refractivity contribution in [2.75, 3.05) is 37.7 Å². The van der Waals surface area contributed by atoms with Crippen LogP contribution in [0.15, 0.2) is 42.6 Å². The first-order valence-corrected chi connectivity index (χ1v) is 9.88. The fourth-order valence-electron chi connectivity index (χ4n) is 3.05. The minimum atomic E-state index is -5.09. The molecule has 0 spiro atoms. The van der Waals surface area contributed by atoms with Gasteiger partial charge in [-0.1, -0.05) is 6.07 Å². The Morgan fingerprint density at radius 2 is 1.85 bits per heavy atom. The Balaban J connectivity index is 1.72. The summed E-state index contributed by atoms with van der Waals surface area (Å²) in [6, 6.07) is 7.87. The van der Waals surface area contributed by atoms with Crippen LogP contribution in [-0.4, -0.2) is 66.6 Å². The molecule has 1 fully saturated rings. The number of hydrogen-bond acceptors (Lipinski definition) is 5. The Labute approximate surface area is 186 Å². The van der Waals surface area contributed by atoms with E-state index in [0.717, 1.165) is 6.20 Å². The predicted octanol–water partition coefficient (Wildman–Crippen LogP) is 2.54. The Morgan fingerprint density at radius 1 is 1.12 bits per heavy atom. The molecule has 0 aliphatic carbocycles. The lowest BCUT2D eigenvalue weighted by Crippen LogP contribution is -2.48. The van der Waals surface area contributed by atoms with E-state index in [1.807, 2.05) is 0 Å². The summed E-state index contributed by atoms with van der Waals surface area (Å²) in [7, 11) is 0. The van der Waals surface area contributed by atoms with Crippen LogP contribution >= 0.6 is 0 Å². The molecule has 3 rings (SSSR count). The maximum absolute atomic E-state index is 13.8. The van der Waals surface area contributed by atoms with E-state index in [0.29, 0.717) is 37.7 Å². The monoisotopic (exact) mass is 468 g/mol. The quantitative estimate of drug-likeness (QED) is 0.520. The summed E-state index contributed by atoms with van der Waals surface area (Å²) in [5.41, 5.74) is 0.651. The van der Waals surface area contributed by atoms with Gasteiger partial charge in [-0.15, -0.1) is 0 Å². The molecule has 2 aromatic rings. The molecule has 0 unspecified atom stereocenters. The van der Waals surface area contributed by atoms with Gasteiger partial charge < -0.3 is 15.0 Å².